The number of hydrazone groups is 1. The third-order valence-corrected chi connectivity index (χ3v) is 4.84. The minimum Gasteiger partial charge on any atom is -0.495 e. The van der Waals surface area contributed by atoms with Crippen LogP contribution in [0.1, 0.15) is 12.5 Å². The molecule has 1 aromatic heterocycles. The van der Waals surface area contributed by atoms with Crippen LogP contribution in [-0.2, 0) is 4.79 Å². The van der Waals surface area contributed by atoms with Crippen molar-refractivity contribution in [3.63, 3.8) is 0 Å². The number of nitrogen functional groups attached to an aromatic ring is 1. The molecule has 0 spiro atoms. The number of amides is 1. The summed E-state index contributed by atoms with van der Waals surface area (Å²) in [4.78, 5) is 12.2. The van der Waals surface area contributed by atoms with Crippen molar-refractivity contribution in [2.45, 2.75) is 12.1 Å². The van der Waals surface area contributed by atoms with E-state index in [0.29, 0.717) is 16.6 Å². The quantitative estimate of drug-likeness (QED) is 0.225. The number of aromatic nitrogens is 3. The molecule has 0 unspecified atom stereocenters. The van der Waals surface area contributed by atoms with Gasteiger partial charge < -0.3 is 15.9 Å². The zero-order valence-electron chi connectivity index (χ0n) is 16.0. The summed E-state index contributed by atoms with van der Waals surface area (Å²) in [7, 11) is 1.55. The first kappa shape index (κ1) is 20.2. The molecule has 1 heterocycles. The van der Waals surface area contributed by atoms with Crippen molar-refractivity contribution < 1.29 is 9.53 Å². The third-order valence-electron chi connectivity index (χ3n) is 3.89. The van der Waals surface area contributed by atoms with Crippen LogP contribution < -0.4 is 21.3 Å². The van der Waals surface area contributed by atoms with Crippen LogP contribution in [0.4, 0.5) is 11.6 Å². The Bertz CT molecular complexity index is 1000. The molecule has 0 aliphatic carbocycles. The van der Waals surface area contributed by atoms with E-state index in [2.05, 4.69) is 26.0 Å². The van der Waals surface area contributed by atoms with Crippen LogP contribution >= 0.6 is 11.8 Å². The average molecular weight is 411 g/mol. The summed E-state index contributed by atoms with van der Waals surface area (Å²) in [5.74, 6) is 6.76. The molecule has 3 rings (SSSR count). The fourth-order valence-corrected chi connectivity index (χ4v) is 3.05. The lowest BCUT2D eigenvalue weighted by atomic mass is 10.1. The molecule has 0 radical (unpaired) electrons. The largest absolute Gasteiger partial charge is 0.495 e. The molecule has 1 amide bonds. The van der Waals surface area contributed by atoms with E-state index in [1.54, 1.807) is 19.2 Å². The lowest BCUT2D eigenvalue weighted by molar-refractivity contribution is -0.113. The summed E-state index contributed by atoms with van der Waals surface area (Å²) in [6, 6.07) is 16.9. The minimum absolute atomic E-state index is 0.111. The maximum Gasteiger partial charge on any atom is 0.264 e. The Hall–Kier alpha value is -3.53. The van der Waals surface area contributed by atoms with Crippen LogP contribution in [0.25, 0.3) is 0 Å². The molecule has 0 fully saturated rings. The smallest absolute Gasteiger partial charge is 0.264 e. The molecule has 9 nitrogen and oxygen atoms in total. The first-order valence-corrected chi connectivity index (χ1v) is 9.69. The van der Waals surface area contributed by atoms with Gasteiger partial charge in [-0.15, -0.1) is 10.2 Å². The van der Waals surface area contributed by atoms with Crippen LogP contribution in [0.2, 0.25) is 0 Å². The van der Waals surface area contributed by atoms with Gasteiger partial charge >= 0.3 is 0 Å². The van der Waals surface area contributed by atoms with Crippen molar-refractivity contribution in [2.24, 2.45) is 5.10 Å². The van der Waals surface area contributed by atoms with Gasteiger partial charge in [0, 0.05) is 0 Å². The highest BCUT2D eigenvalue weighted by Crippen LogP contribution is 2.24. The van der Waals surface area contributed by atoms with Gasteiger partial charge in [-0.05, 0) is 24.6 Å². The zero-order valence-corrected chi connectivity index (χ0v) is 16.8. The van der Waals surface area contributed by atoms with E-state index >= 15 is 0 Å². The number of benzene rings is 2. The SMILES string of the molecule is COc1ccccc1NC(=O)CSc1nnc(N/N=C(\C)c2ccccc2)n1N. The molecule has 2 aromatic carbocycles. The highest BCUT2D eigenvalue weighted by atomic mass is 32.2. The third kappa shape index (κ3) is 5.26. The summed E-state index contributed by atoms with van der Waals surface area (Å²) >= 11 is 1.16. The molecule has 10 heteroatoms. The molecule has 0 saturated carbocycles. The van der Waals surface area contributed by atoms with E-state index in [1.165, 1.54) is 4.68 Å². The molecule has 4 N–H and O–H groups in total. The molecular weight excluding hydrogens is 390 g/mol. The predicted molar refractivity (Wildman–Crippen MR) is 115 cm³/mol. The Balaban J connectivity index is 1.57. The molecule has 150 valence electrons. The van der Waals surface area contributed by atoms with Gasteiger partial charge in [0.15, 0.2) is 0 Å². The number of carbonyl (C=O) groups excluding carboxylic acids is 1. The van der Waals surface area contributed by atoms with Crippen LogP contribution in [0.3, 0.4) is 0 Å². The number of nitrogens with one attached hydrogen (secondary N) is 2. The van der Waals surface area contributed by atoms with Gasteiger partial charge in [0.05, 0.1) is 24.3 Å². The number of nitrogens with zero attached hydrogens (tertiary/aromatic N) is 4. The summed E-state index contributed by atoms with van der Waals surface area (Å²) in [5.41, 5.74) is 5.15. The van der Waals surface area contributed by atoms with Gasteiger partial charge in [0.2, 0.25) is 11.1 Å². The summed E-state index contributed by atoms with van der Waals surface area (Å²) in [6.07, 6.45) is 0. The van der Waals surface area contributed by atoms with Gasteiger partial charge in [-0.3, -0.25) is 4.79 Å². The van der Waals surface area contributed by atoms with Crippen LogP contribution in [-0.4, -0.2) is 39.4 Å². The van der Waals surface area contributed by atoms with E-state index in [4.69, 9.17) is 10.6 Å². The van der Waals surface area contributed by atoms with Gasteiger partial charge in [0.1, 0.15) is 5.75 Å². The molecule has 0 aliphatic rings. The Kier molecular flexibility index (Phi) is 6.69. The highest BCUT2D eigenvalue weighted by molar-refractivity contribution is 7.99. The number of para-hydroxylation sites is 2. The number of hydrogen-bond acceptors (Lipinski definition) is 8. The predicted octanol–water partition coefficient (Wildman–Crippen LogP) is 2.57. The molecule has 29 heavy (non-hydrogen) atoms. The second-order valence-electron chi connectivity index (χ2n) is 5.89. The van der Waals surface area contributed by atoms with Crippen molar-refractivity contribution in [3.05, 3.63) is 60.2 Å². The van der Waals surface area contributed by atoms with Crippen molar-refractivity contribution >= 4 is 35.0 Å². The molecule has 0 aliphatic heterocycles. The summed E-state index contributed by atoms with van der Waals surface area (Å²) in [5, 5.41) is 15.4. The average Bonchev–Trinajstić information content (AvgIpc) is 3.11. The van der Waals surface area contributed by atoms with Crippen LogP contribution in [0.15, 0.2) is 64.9 Å². The van der Waals surface area contributed by atoms with Crippen molar-refractivity contribution in [2.75, 3.05) is 29.4 Å². The van der Waals surface area contributed by atoms with Gasteiger partial charge in [0.25, 0.3) is 5.95 Å². The fraction of sp³-hybridized carbons (Fsp3) is 0.158. The zero-order chi connectivity index (χ0) is 20.6. The van der Waals surface area contributed by atoms with E-state index in [9.17, 15) is 4.79 Å². The number of methoxy groups -OCH3 is 1. The van der Waals surface area contributed by atoms with Crippen LogP contribution in [0.5, 0.6) is 5.75 Å². The van der Waals surface area contributed by atoms with Crippen LogP contribution in [0, 0.1) is 0 Å². The number of nitrogens with two attached hydrogens (primary N) is 1. The van der Waals surface area contributed by atoms with Gasteiger partial charge in [-0.1, -0.05) is 54.2 Å². The molecule has 3 aromatic rings. The molecule has 0 bridgehead atoms. The molecule has 0 saturated heterocycles. The monoisotopic (exact) mass is 411 g/mol. The van der Waals surface area contributed by atoms with E-state index in [0.717, 1.165) is 23.0 Å². The normalized spacial score (nSPS) is 11.2. The topological polar surface area (TPSA) is 119 Å². The Morgan fingerprint density at radius 3 is 2.66 bits per heavy atom. The maximum atomic E-state index is 12.2. The lowest BCUT2D eigenvalue weighted by Crippen LogP contribution is -2.17. The van der Waals surface area contributed by atoms with Gasteiger partial charge in [-0.25, -0.2) is 10.1 Å². The first-order valence-electron chi connectivity index (χ1n) is 8.70. The Labute approximate surface area is 172 Å². The van der Waals surface area contributed by atoms with Crippen molar-refractivity contribution in [1.82, 2.24) is 14.9 Å². The molecular formula is C19H21N7O2S. The van der Waals surface area contributed by atoms with E-state index in [1.807, 2.05) is 49.4 Å². The van der Waals surface area contributed by atoms with Crippen molar-refractivity contribution in [3.8, 4) is 5.75 Å². The van der Waals surface area contributed by atoms with E-state index in [-0.39, 0.29) is 17.6 Å². The number of thioether (sulfide) groups is 1. The number of anilines is 2. The number of rotatable bonds is 8. The fourth-order valence-electron chi connectivity index (χ4n) is 2.39. The highest BCUT2D eigenvalue weighted by Gasteiger charge is 2.13. The first-order chi connectivity index (χ1) is 14.1. The Morgan fingerprint density at radius 1 is 1.17 bits per heavy atom. The van der Waals surface area contributed by atoms with Crippen molar-refractivity contribution in [1.29, 1.82) is 0 Å². The Morgan fingerprint density at radius 2 is 1.90 bits per heavy atom. The standard InChI is InChI=1S/C19H21N7O2S/c1-13(14-8-4-3-5-9-14)22-23-18-24-25-19(26(18)20)29-12-17(27)21-15-10-6-7-11-16(15)28-2/h3-11H,12,20H2,1-2H3,(H,21,27)(H,23,24)/b22-13+. The van der Waals surface area contributed by atoms with Gasteiger partial charge in [-0.2, -0.15) is 5.10 Å². The second-order valence-corrected chi connectivity index (χ2v) is 6.83. The number of ether oxygens (including phenoxy) is 1. The summed E-state index contributed by atoms with van der Waals surface area (Å²) in [6.45, 7) is 1.87. The number of hydrogen-bond donors (Lipinski definition) is 3. The van der Waals surface area contributed by atoms with E-state index < -0.39 is 0 Å². The molecule has 0 atom stereocenters. The maximum absolute atomic E-state index is 12.2. The summed E-state index contributed by atoms with van der Waals surface area (Å²) < 4.78 is 6.47. The minimum atomic E-state index is -0.213. The second kappa shape index (κ2) is 9.60. The number of carbonyl (C=O) groups is 1. The lowest BCUT2D eigenvalue weighted by Gasteiger charge is -2.09.